The van der Waals surface area contributed by atoms with Gasteiger partial charge in [-0.05, 0) is 51.0 Å². The van der Waals surface area contributed by atoms with Crippen LogP contribution in [0.4, 0.5) is 5.82 Å². The molecule has 32 heavy (non-hydrogen) atoms. The number of pyridine rings is 1. The van der Waals surface area contributed by atoms with Gasteiger partial charge in [0.05, 0.1) is 18.8 Å². The Morgan fingerprint density at radius 1 is 1.16 bits per heavy atom. The van der Waals surface area contributed by atoms with Gasteiger partial charge in [0.25, 0.3) is 0 Å². The fourth-order valence-electron chi connectivity index (χ4n) is 3.76. The lowest BCUT2D eigenvalue weighted by atomic mass is 10.1. The second-order valence-electron chi connectivity index (χ2n) is 8.01. The summed E-state index contributed by atoms with van der Waals surface area (Å²) in [4.78, 5) is 11.3. The van der Waals surface area contributed by atoms with Gasteiger partial charge in [-0.25, -0.2) is 4.98 Å². The fraction of sp³-hybridized carbons (Fsp3) is 0.500. The molecule has 0 aliphatic carbocycles. The van der Waals surface area contributed by atoms with Crippen molar-refractivity contribution >= 4 is 35.8 Å². The molecule has 3 rings (SSSR count). The zero-order chi connectivity index (χ0) is 22.2. The van der Waals surface area contributed by atoms with E-state index in [1.54, 1.807) is 7.05 Å². The maximum absolute atomic E-state index is 5.81. The maximum Gasteiger partial charge on any atom is 0.191 e. The maximum atomic E-state index is 5.81. The number of aryl methyl sites for hydroxylation is 1. The summed E-state index contributed by atoms with van der Waals surface area (Å²) in [5.74, 6) is 2.65. The Hall–Kier alpha value is -2.07. The van der Waals surface area contributed by atoms with Crippen LogP contribution in [0.1, 0.15) is 37.5 Å². The molecule has 1 aromatic carbocycles. The molecular weight excluding hydrogens is 517 g/mol. The number of hydrogen-bond acceptors (Lipinski definition) is 5. The normalized spacial score (nSPS) is 18.7. The van der Waals surface area contributed by atoms with E-state index >= 15 is 0 Å². The Morgan fingerprint density at radius 2 is 1.88 bits per heavy atom. The summed E-state index contributed by atoms with van der Waals surface area (Å²) < 4.78 is 11.6. The minimum Gasteiger partial charge on any atom is -0.494 e. The first-order valence-electron chi connectivity index (χ1n) is 11.0. The lowest BCUT2D eigenvalue weighted by Gasteiger charge is -2.36. The van der Waals surface area contributed by atoms with E-state index in [9.17, 15) is 0 Å². The van der Waals surface area contributed by atoms with Crippen molar-refractivity contribution in [1.29, 1.82) is 0 Å². The van der Waals surface area contributed by atoms with Gasteiger partial charge in [0, 0.05) is 45.0 Å². The average Bonchev–Trinajstić information content (AvgIpc) is 2.75. The highest BCUT2D eigenvalue weighted by atomic mass is 127. The van der Waals surface area contributed by atoms with E-state index in [0.717, 1.165) is 41.7 Å². The zero-order valence-corrected chi connectivity index (χ0v) is 22.1. The van der Waals surface area contributed by atoms with Crippen LogP contribution in [-0.2, 0) is 17.8 Å². The quantitative estimate of drug-likeness (QED) is 0.308. The molecule has 0 spiro atoms. The van der Waals surface area contributed by atoms with Crippen molar-refractivity contribution in [2.75, 3.05) is 31.6 Å². The molecule has 2 heterocycles. The SMILES string of the molecule is CCOc1cc(C)ccc1CNC(=NC)NCc1ccc(N2CC(C)OC(C)C2)nc1.I. The first-order valence-corrected chi connectivity index (χ1v) is 11.0. The lowest BCUT2D eigenvalue weighted by Crippen LogP contribution is -2.45. The van der Waals surface area contributed by atoms with Crippen molar-refractivity contribution < 1.29 is 9.47 Å². The minimum atomic E-state index is 0. The number of ether oxygens (including phenoxy) is 2. The summed E-state index contributed by atoms with van der Waals surface area (Å²) in [5, 5.41) is 6.72. The van der Waals surface area contributed by atoms with Gasteiger partial charge in [-0.3, -0.25) is 4.99 Å². The summed E-state index contributed by atoms with van der Waals surface area (Å²) in [7, 11) is 1.77. The van der Waals surface area contributed by atoms with Gasteiger partial charge in [0.2, 0.25) is 0 Å². The lowest BCUT2D eigenvalue weighted by molar-refractivity contribution is -0.00545. The van der Waals surface area contributed by atoms with Gasteiger partial charge < -0.3 is 25.0 Å². The van der Waals surface area contributed by atoms with Crippen molar-refractivity contribution in [1.82, 2.24) is 15.6 Å². The number of benzene rings is 1. The van der Waals surface area contributed by atoms with E-state index in [1.807, 2.05) is 13.1 Å². The Kier molecular flexibility index (Phi) is 10.5. The summed E-state index contributed by atoms with van der Waals surface area (Å²) in [5.41, 5.74) is 3.40. The van der Waals surface area contributed by atoms with Crippen LogP contribution in [0.3, 0.4) is 0 Å². The third-order valence-corrected chi connectivity index (χ3v) is 5.21. The van der Waals surface area contributed by atoms with Crippen molar-refractivity contribution in [3.63, 3.8) is 0 Å². The Labute approximate surface area is 209 Å². The first-order chi connectivity index (χ1) is 15.0. The molecule has 0 bridgehead atoms. The fourth-order valence-corrected chi connectivity index (χ4v) is 3.76. The second-order valence-corrected chi connectivity index (χ2v) is 8.01. The molecule has 1 aliphatic rings. The van der Waals surface area contributed by atoms with Crippen LogP contribution in [0.2, 0.25) is 0 Å². The molecular formula is C24H36IN5O2. The summed E-state index contributed by atoms with van der Waals surface area (Å²) in [6.45, 7) is 12.0. The van der Waals surface area contributed by atoms with Crippen molar-refractivity contribution in [3.05, 3.63) is 53.2 Å². The highest BCUT2D eigenvalue weighted by Crippen LogP contribution is 2.20. The third kappa shape index (κ3) is 7.51. The van der Waals surface area contributed by atoms with Gasteiger partial charge in [0.15, 0.2) is 5.96 Å². The van der Waals surface area contributed by atoms with E-state index in [-0.39, 0.29) is 36.2 Å². The number of aromatic nitrogens is 1. The number of aliphatic imine (C=N–C) groups is 1. The van der Waals surface area contributed by atoms with Crippen molar-refractivity contribution in [3.8, 4) is 5.75 Å². The van der Waals surface area contributed by atoms with E-state index in [1.165, 1.54) is 5.56 Å². The van der Waals surface area contributed by atoms with E-state index < -0.39 is 0 Å². The average molecular weight is 553 g/mol. The smallest absolute Gasteiger partial charge is 0.191 e. The second kappa shape index (κ2) is 12.8. The molecule has 2 N–H and O–H groups in total. The predicted octanol–water partition coefficient (Wildman–Crippen LogP) is 3.89. The molecule has 1 aromatic heterocycles. The third-order valence-electron chi connectivity index (χ3n) is 5.21. The molecule has 1 saturated heterocycles. The van der Waals surface area contributed by atoms with Gasteiger partial charge in [-0.2, -0.15) is 0 Å². The van der Waals surface area contributed by atoms with E-state index in [2.05, 4.69) is 76.6 Å². The number of guanidine groups is 1. The zero-order valence-electron chi connectivity index (χ0n) is 19.7. The molecule has 0 saturated carbocycles. The van der Waals surface area contributed by atoms with Crippen molar-refractivity contribution in [2.45, 2.75) is 53.0 Å². The minimum absolute atomic E-state index is 0. The number of morpholine rings is 1. The van der Waals surface area contributed by atoms with Crippen molar-refractivity contribution in [2.24, 2.45) is 4.99 Å². The Bertz CT molecular complexity index is 865. The molecule has 2 aromatic rings. The number of nitrogens with zero attached hydrogens (tertiary/aromatic N) is 3. The van der Waals surface area contributed by atoms with Crippen LogP contribution in [-0.4, -0.2) is 49.9 Å². The predicted molar refractivity (Wildman–Crippen MR) is 141 cm³/mol. The molecule has 7 nitrogen and oxygen atoms in total. The van der Waals surface area contributed by atoms with Gasteiger partial charge >= 0.3 is 0 Å². The molecule has 176 valence electrons. The molecule has 0 radical (unpaired) electrons. The molecule has 1 aliphatic heterocycles. The van der Waals surface area contributed by atoms with Crippen LogP contribution in [0.25, 0.3) is 0 Å². The number of nitrogens with one attached hydrogen (secondary N) is 2. The first kappa shape index (κ1) is 26.2. The number of rotatable bonds is 7. The van der Waals surface area contributed by atoms with E-state index in [4.69, 9.17) is 9.47 Å². The molecule has 0 amide bonds. The van der Waals surface area contributed by atoms with Crippen LogP contribution in [0.5, 0.6) is 5.75 Å². The van der Waals surface area contributed by atoms with Gasteiger partial charge in [-0.1, -0.05) is 18.2 Å². The van der Waals surface area contributed by atoms with Crippen LogP contribution in [0.15, 0.2) is 41.5 Å². The highest BCUT2D eigenvalue weighted by molar-refractivity contribution is 14.0. The monoisotopic (exact) mass is 553 g/mol. The molecule has 2 atom stereocenters. The number of hydrogen-bond donors (Lipinski definition) is 2. The summed E-state index contributed by atoms with van der Waals surface area (Å²) in [6, 6.07) is 10.5. The van der Waals surface area contributed by atoms with E-state index in [0.29, 0.717) is 19.7 Å². The number of halogens is 1. The Morgan fingerprint density at radius 3 is 2.50 bits per heavy atom. The van der Waals surface area contributed by atoms with Gasteiger partial charge in [0.1, 0.15) is 11.6 Å². The van der Waals surface area contributed by atoms with Crippen LogP contribution in [0, 0.1) is 6.92 Å². The van der Waals surface area contributed by atoms with Crippen LogP contribution >= 0.6 is 24.0 Å². The van der Waals surface area contributed by atoms with Gasteiger partial charge in [-0.15, -0.1) is 24.0 Å². The molecule has 1 fully saturated rings. The highest BCUT2D eigenvalue weighted by Gasteiger charge is 2.22. The van der Waals surface area contributed by atoms with Crippen LogP contribution < -0.4 is 20.3 Å². The molecule has 2 unspecified atom stereocenters. The topological polar surface area (TPSA) is 71.0 Å². The largest absolute Gasteiger partial charge is 0.494 e. The summed E-state index contributed by atoms with van der Waals surface area (Å²) >= 11 is 0. The standard InChI is InChI=1S/C24H35N5O2.HI/c1-6-30-22-11-17(2)7-9-21(22)14-28-24(25-5)27-13-20-8-10-23(26-12-20)29-15-18(3)31-19(4)16-29;/h7-12,18-19H,6,13-16H2,1-5H3,(H2,25,27,28);1H. The number of anilines is 1. The summed E-state index contributed by atoms with van der Waals surface area (Å²) in [6.07, 6.45) is 2.37. The Balaban J connectivity index is 0.00000363. The molecule has 8 heteroatoms.